The number of anilines is 4. The molecule has 6 heteroatoms. The molecule has 2 aromatic carbocycles. The quantitative estimate of drug-likeness (QED) is 0.559. The summed E-state index contributed by atoms with van der Waals surface area (Å²) in [6, 6.07) is 18.9. The second-order valence-corrected chi connectivity index (χ2v) is 8.28. The van der Waals surface area contributed by atoms with Crippen molar-refractivity contribution in [2.75, 3.05) is 23.3 Å². The highest BCUT2D eigenvalue weighted by molar-refractivity contribution is 7.97. The molecular formula is C22H23N5S. The van der Waals surface area contributed by atoms with E-state index >= 15 is 0 Å². The van der Waals surface area contributed by atoms with Gasteiger partial charge in [0.2, 0.25) is 5.95 Å². The van der Waals surface area contributed by atoms with Gasteiger partial charge in [0.15, 0.2) is 0 Å². The van der Waals surface area contributed by atoms with E-state index in [0.29, 0.717) is 5.95 Å². The first-order valence-corrected chi connectivity index (χ1v) is 10.6. The molecule has 0 unspecified atom stereocenters. The lowest BCUT2D eigenvalue weighted by molar-refractivity contribution is 0.802. The van der Waals surface area contributed by atoms with Crippen LogP contribution in [-0.2, 0) is 6.42 Å². The van der Waals surface area contributed by atoms with Gasteiger partial charge in [0.05, 0.1) is 0 Å². The van der Waals surface area contributed by atoms with Crippen LogP contribution in [0, 0.1) is 5.92 Å². The third-order valence-electron chi connectivity index (χ3n) is 5.17. The van der Waals surface area contributed by atoms with Crippen molar-refractivity contribution in [3.05, 3.63) is 66.4 Å². The van der Waals surface area contributed by atoms with Crippen LogP contribution < -0.4 is 14.9 Å². The average molecular weight is 390 g/mol. The van der Waals surface area contributed by atoms with Gasteiger partial charge in [0.1, 0.15) is 5.82 Å². The van der Waals surface area contributed by atoms with Crippen LogP contribution in [0.3, 0.4) is 0 Å². The van der Waals surface area contributed by atoms with E-state index < -0.39 is 0 Å². The summed E-state index contributed by atoms with van der Waals surface area (Å²) in [4.78, 5) is 12.6. The van der Waals surface area contributed by atoms with Crippen molar-refractivity contribution in [1.82, 2.24) is 14.7 Å². The van der Waals surface area contributed by atoms with Gasteiger partial charge >= 0.3 is 0 Å². The lowest BCUT2D eigenvalue weighted by Gasteiger charge is -2.18. The van der Waals surface area contributed by atoms with Crippen LogP contribution in [0.5, 0.6) is 0 Å². The van der Waals surface area contributed by atoms with E-state index in [2.05, 4.69) is 68.5 Å². The lowest BCUT2D eigenvalue weighted by Crippen LogP contribution is -2.15. The van der Waals surface area contributed by atoms with Crippen LogP contribution >= 0.6 is 11.9 Å². The largest absolute Gasteiger partial charge is 0.326 e. The minimum absolute atomic E-state index is 0.620. The van der Waals surface area contributed by atoms with E-state index in [-0.39, 0.29) is 0 Å². The molecule has 2 heterocycles. The van der Waals surface area contributed by atoms with Gasteiger partial charge in [-0.05, 0) is 79.1 Å². The van der Waals surface area contributed by atoms with Gasteiger partial charge in [-0.1, -0.05) is 18.2 Å². The summed E-state index contributed by atoms with van der Waals surface area (Å²) in [6.45, 7) is 2.06. The third kappa shape index (κ3) is 3.98. The van der Waals surface area contributed by atoms with Gasteiger partial charge < -0.3 is 10.2 Å². The molecule has 0 bridgehead atoms. The predicted octanol–water partition coefficient (Wildman–Crippen LogP) is 4.92. The molecule has 0 atom stereocenters. The van der Waals surface area contributed by atoms with Crippen LogP contribution in [0.15, 0.2) is 65.7 Å². The number of para-hydroxylation sites is 1. The Hall–Kier alpha value is -2.57. The lowest BCUT2D eigenvalue weighted by atomic mass is 10.2. The van der Waals surface area contributed by atoms with Crippen molar-refractivity contribution in [2.45, 2.75) is 24.2 Å². The molecule has 3 aromatic rings. The minimum atomic E-state index is 0.620. The van der Waals surface area contributed by atoms with Gasteiger partial charge in [-0.15, -0.1) is 0 Å². The van der Waals surface area contributed by atoms with Crippen LogP contribution in [0.1, 0.15) is 18.4 Å². The summed E-state index contributed by atoms with van der Waals surface area (Å²) < 4.78 is 3.45. The van der Waals surface area contributed by atoms with E-state index in [0.717, 1.165) is 36.9 Å². The molecule has 28 heavy (non-hydrogen) atoms. The van der Waals surface area contributed by atoms with Gasteiger partial charge in [-0.25, -0.2) is 4.98 Å². The van der Waals surface area contributed by atoms with Crippen LogP contribution in [0.4, 0.5) is 23.1 Å². The SMILES string of the molecule is c1ccc2c(c1)CCN2c1ccnc(Nc2ccc(SNCC3CC3)cc2)n1. The fourth-order valence-corrected chi connectivity index (χ4v) is 4.19. The van der Waals surface area contributed by atoms with Crippen molar-refractivity contribution in [3.63, 3.8) is 0 Å². The Morgan fingerprint density at radius 2 is 1.89 bits per heavy atom. The summed E-state index contributed by atoms with van der Waals surface area (Å²) in [6.07, 6.45) is 5.62. The van der Waals surface area contributed by atoms with E-state index in [1.807, 2.05) is 12.3 Å². The molecule has 1 fully saturated rings. The van der Waals surface area contributed by atoms with Gasteiger partial charge in [-0.2, -0.15) is 4.98 Å². The Balaban J connectivity index is 1.25. The van der Waals surface area contributed by atoms with Gasteiger partial charge in [0, 0.05) is 35.6 Å². The van der Waals surface area contributed by atoms with E-state index in [1.165, 1.54) is 29.0 Å². The number of aromatic nitrogens is 2. The molecule has 5 nitrogen and oxygen atoms in total. The highest BCUT2D eigenvalue weighted by Crippen LogP contribution is 2.33. The van der Waals surface area contributed by atoms with Gasteiger partial charge in [-0.3, -0.25) is 4.72 Å². The standard InChI is InChI=1S/C22H23N5S/c1-2-4-20-17(3-1)12-14-27(20)21-11-13-23-22(26-21)25-18-7-9-19(10-8-18)28-24-15-16-5-6-16/h1-4,7-11,13,16,24H,5-6,12,14-15H2,(H,23,25,26). The van der Waals surface area contributed by atoms with Crippen molar-refractivity contribution in [3.8, 4) is 0 Å². The Bertz CT molecular complexity index is 955. The van der Waals surface area contributed by atoms with Crippen molar-refractivity contribution in [1.29, 1.82) is 0 Å². The summed E-state index contributed by atoms with van der Waals surface area (Å²) in [7, 11) is 0. The Kier molecular flexibility index (Phi) is 4.89. The van der Waals surface area contributed by atoms with E-state index in [1.54, 1.807) is 11.9 Å². The highest BCUT2D eigenvalue weighted by atomic mass is 32.2. The Morgan fingerprint density at radius 3 is 2.75 bits per heavy atom. The molecule has 1 aliphatic heterocycles. The minimum Gasteiger partial charge on any atom is -0.326 e. The number of benzene rings is 2. The molecule has 5 rings (SSSR count). The van der Waals surface area contributed by atoms with Crippen LogP contribution in [0.25, 0.3) is 0 Å². The first-order chi connectivity index (χ1) is 13.8. The summed E-state index contributed by atoms with van der Waals surface area (Å²) >= 11 is 1.70. The number of nitrogens with zero attached hydrogens (tertiary/aromatic N) is 3. The third-order valence-corrected chi connectivity index (χ3v) is 5.99. The number of fused-ring (bicyclic) bond motifs is 1. The summed E-state index contributed by atoms with van der Waals surface area (Å²) in [5.74, 6) is 2.44. The first-order valence-electron chi connectivity index (χ1n) is 9.80. The Morgan fingerprint density at radius 1 is 1.04 bits per heavy atom. The first kappa shape index (κ1) is 17.5. The second kappa shape index (κ2) is 7.81. The zero-order chi connectivity index (χ0) is 18.8. The summed E-state index contributed by atoms with van der Waals surface area (Å²) in [5, 5.41) is 3.32. The monoisotopic (exact) mass is 389 g/mol. The van der Waals surface area contributed by atoms with Crippen molar-refractivity contribution >= 4 is 35.1 Å². The van der Waals surface area contributed by atoms with Crippen molar-refractivity contribution < 1.29 is 0 Å². The van der Waals surface area contributed by atoms with E-state index in [9.17, 15) is 0 Å². The zero-order valence-electron chi connectivity index (χ0n) is 15.6. The molecule has 1 aliphatic carbocycles. The molecule has 0 amide bonds. The van der Waals surface area contributed by atoms with E-state index in [4.69, 9.17) is 4.98 Å². The maximum absolute atomic E-state index is 4.73. The van der Waals surface area contributed by atoms with Crippen LogP contribution in [0.2, 0.25) is 0 Å². The molecule has 1 aromatic heterocycles. The molecule has 2 aliphatic rings. The fraction of sp³-hybridized carbons (Fsp3) is 0.273. The summed E-state index contributed by atoms with van der Waals surface area (Å²) in [5.41, 5.74) is 3.61. The topological polar surface area (TPSA) is 53.1 Å². The predicted molar refractivity (Wildman–Crippen MR) is 115 cm³/mol. The molecule has 142 valence electrons. The number of hydrogen-bond donors (Lipinski definition) is 2. The smallest absolute Gasteiger partial charge is 0.229 e. The zero-order valence-corrected chi connectivity index (χ0v) is 16.5. The molecule has 0 saturated heterocycles. The maximum Gasteiger partial charge on any atom is 0.229 e. The maximum atomic E-state index is 4.73. The molecule has 1 saturated carbocycles. The fourth-order valence-electron chi connectivity index (χ4n) is 3.44. The average Bonchev–Trinajstić information content (AvgIpc) is 3.46. The number of rotatable bonds is 7. The number of hydrogen-bond acceptors (Lipinski definition) is 6. The molecular weight excluding hydrogens is 366 g/mol. The molecule has 2 N–H and O–H groups in total. The normalized spacial score (nSPS) is 15.5. The Labute approximate surface area is 169 Å². The molecule has 0 spiro atoms. The second-order valence-electron chi connectivity index (χ2n) is 7.31. The van der Waals surface area contributed by atoms with Crippen LogP contribution in [-0.4, -0.2) is 23.1 Å². The number of nitrogens with one attached hydrogen (secondary N) is 2. The van der Waals surface area contributed by atoms with Gasteiger partial charge in [0.25, 0.3) is 0 Å². The van der Waals surface area contributed by atoms with Crippen molar-refractivity contribution in [2.24, 2.45) is 5.92 Å². The highest BCUT2D eigenvalue weighted by Gasteiger charge is 2.21. The molecule has 0 radical (unpaired) electrons.